The quantitative estimate of drug-likeness (QED) is 0.666. The lowest BCUT2D eigenvalue weighted by Crippen LogP contribution is -2.39. The van der Waals surface area contributed by atoms with Gasteiger partial charge in [-0.15, -0.1) is 0 Å². The van der Waals surface area contributed by atoms with Crippen LogP contribution in [0, 0.1) is 0 Å². The molecule has 64 valence electrons. The van der Waals surface area contributed by atoms with Crippen molar-refractivity contribution in [3.05, 3.63) is 12.3 Å². The molecule has 1 heterocycles. The van der Waals surface area contributed by atoms with E-state index in [1.54, 1.807) is 6.26 Å². The van der Waals surface area contributed by atoms with Gasteiger partial charge < -0.3 is 14.6 Å². The zero-order valence-electron chi connectivity index (χ0n) is 6.75. The molecule has 0 aliphatic carbocycles. The molecule has 1 rings (SSSR count). The molecule has 3 nitrogen and oxygen atoms in total. The van der Waals surface area contributed by atoms with Crippen LogP contribution in [0.15, 0.2) is 12.3 Å². The molecule has 0 aromatic rings. The normalized spacial score (nSPS) is 30.0. The van der Waals surface area contributed by atoms with Crippen LogP contribution in [0.4, 0.5) is 0 Å². The van der Waals surface area contributed by atoms with Crippen LogP contribution < -0.4 is 0 Å². The molecule has 1 aliphatic rings. The van der Waals surface area contributed by atoms with Gasteiger partial charge in [-0.25, -0.2) is 0 Å². The van der Waals surface area contributed by atoms with E-state index in [0.717, 1.165) is 12.8 Å². The summed E-state index contributed by atoms with van der Waals surface area (Å²) in [4.78, 5) is 0. The third-order valence-electron chi connectivity index (χ3n) is 1.72. The van der Waals surface area contributed by atoms with E-state index in [1.807, 2.05) is 13.0 Å². The van der Waals surface area contributed by atoms with Crippen LogP contribution in [0.3, 0.4) is 0 Å². The smallest absolute Gasteiger partial charge is 0.233 e. The molecule has 1 aliphatic heterocycles. The first-order chi connectivity index (χ1) is 5.33. The predicted octanol–water partition coefficient (Wildman–Crippen LogP) is 1.04. The first-order valence-corrected chi connectivity index (χ1v) is 3.90. The zero-order chi connectivity index (χ0) is 8.16. The number of ether oxygens (including phenoxy) is 2. The maximum atomic E-state index is 8.99. The molecular formula is C8H14O3. The Morgan fingerprint density at radius 3 is 3.00 bits per heavy atom. The van der Waals surface area contributed by atoms with E-state index in [-0.39, 0.29) is 6.61 Å². The maximum Gasteiger partial charge on any atom is 0.233 e. The Hall–Kier alpha value is -0.540. The standard InChI is InChI=1S/C8H14O3/c1-2-10-8(7-9)5-3-4-6-11-8/h4,6,9H,2-3,5,7H2,1H3. The number of rotatable bonds is 3. The van der Waals surface area contributed by atoms with Gasteiger partial charge in [0, 0.05) is 13.0 Å². The van der Waals surface area contributed by atoms with Crippen LogP contribution in [-0.4, -0.2) is 24.1 Å². The van der Waals surface area contributed by atoms with Crippen LogP contribution in [0.2, 0.25) is 0 Å². The van der Waals surface area contributed by atoms with Gasteiger partial charge >= 0.3 is 0 Å². The van der Waals surface area contributed by atoms with Crippen LogP contribution in [0.1, 0.15) is 19.8 Å². The molecule has 0 fully saturated rings. The molecule has 0 aromatic heterocycles. The minimum absolute atomic E-state index is 0.0782. The second-order valence-electron chi connectivity index (χ2n) is 2.53. The second-order valence-corrected chi connectivity index (χ2v) is 2.53. The highest BCUT2D eigenvalue weighted by Gasteiger charge is 2.31. The summed E-state index contributed by atoms with van der Waals surface area (Å²) >= 11 is 0. The Morgan fingerprint density at radius 2 is 2.55 bits per heavy atom. The molecule has 1 atom stereocenters. The zero-order valence-corrected chi connectivity index (χ0v) is 6.75. The molecule has 11 heavy (non-hydrogen) atoms. The van der Waals surface area contributed by atoms with Gasteiger partial charge in [-0.1, -0.05) is 0 Å². The van der Waals surface area contributed by atoms with Crippen molar-refractivity contribution in [1.82, 2.24) is 0 Å². The fourth-order valence-electron chi connectivity index (χ4n) is 1.13. The molecule has 3 heteroatoms. The Bertz CT molecular complexity index is 144. The van der Waals surface area contributed by atoms with Crippen molar-refractivity contribution >= 4 is 0 Å². The summed E-state index contributed by atoms with van der Waals surface area (Å²) in [7, 11) is 0. The highest BCUT2D eigenvalue weighted by molar-refractivity contribution is 4.86. The van der Waals surface area contributed by atoms with Crippen molar-refractivity contribution in [3.63, 3.8) is 0 Å². The van der Waals surface area contributed by atoms with E-state index < -0.39 is 5.79 Å². The summed E-state index contributed by atoms with van der Waals surface area (Å²) in [6, 6.07) is 0. The monoisotopic (exact) mass is 158 g/mol. The molecule has 1 unspecified atom stereocenters. The Morgan fingerprint density at radius 1 is 1.73 bits per heavy atom. The van der Waals surface area contributed by atoms with E-state index in [9.17, 15) is 0 Å². The summed E-state index contributed by atoms with van der Waals surface area (Å²) in [6.07, 6.45) is 5.15. The highest BCUT2D eigenvalue weighted by atomic mass is 16.7. The maximum absolute atomic E-state index is 8.99. The van der Waals surface area contributed by atoms with Crippen LogP contribution >= 0.6 is 0 Å². The minimum atomic E-state index is -0.760. The van der Waals surface area contributed by atoms with E-state index >= 15 is 0 Å². The van der Waals surface area contributed by atoms with Crippen molar-refractivity contribution in [2.45, 2.75) is 25.6 Å². The largest absolute Gasteiger partial charge is 0.468 e. The number of aliphatic hydroxyl groups is 1. The lowest BCUT2D eigenvalue weighted by molar-refractivity contribution is -0.232. The van der Waals surface area contributed by atoms with E-state index in [2.05, 4.69) is 0 Å². The third-order valence-corrected chi connectivity index (χ3v) is 1.72. The van der Waals surface area contributed by atoms with Crippen LogP contribution in [-0.2, 0) is 9.47 Å². The summed E-state index contributed by atoms with van der Waals surface area (Å²) in [5.74, 6) is -0.760. The third kappa shape index (κ3) is 1.94. The van der Waals surface area contributed by atoms with Crippen LogP contribution in [0.5, 0.6) is 0 Å². The molecule has 0 saturated carbocycles. The fraction of sp³-hybridized carbons (Fsp3) is 0.750. The topological polar surface area (TPSA) is 38.7 Å². The Kier molecular flexibility index (Phi) is 2.91. The molecule has 0 saturated heterocycles. The van der Waals surface area contributed by atoms with Crippen molar-refractivity contribution in [1.29, 1.82) is 0 Å². The first kappa shape index (κ1) is 8.56. The van der Waals surface area contributed by atoms with Crippen molar-refractivity contribution in [2.75, 3.05) is 13.2 Å². The molecule has 0 spiro atoms. The van der Waals surface area contributed by atoms with Gasteiger partial charge in [0.1, 0.15) is 6.61 Å². The molecule has 0 aromatic carbocycles. The van der Waals surface area contributed by atoms with Crippen molar-refractivity contribution in [3.8, 4) is 0 Å². The summed E-state index contributed by atoms with van der Waals surface area (Å²) in [6.45, 7) is 2.37. The Balaban J connectivity index is 2.51. The Labute approximate surface area is 66.6 Å². The second kappa shape index (κ2) is 3.74. The summed E-state index contributed by atoms with van der Waals surface area (Å²) < 4.78 is 10.5. The fourth-order valence-corrected chi connectivity index (χ4v) is 1.13. The number of allylic oxidation sites excluding steroid dienone is 1. The number of hydrogen-bond donors (Lipinski definition) is 1. The van der Waals surface area contributed by atoms with Gasteiger partial charge in [0.2, 0.25) is 5.79 Å². The first-order valence-electron chi connectivity index (χ1n) is 3.90. The van der Waals surface area contributed by atoms with E-state index in [4.69, 9.17) is 14.6 Å². The van der Waals surface area contributed by atoms with Gasteiger partial charge in [0.15, 0.2) is 0 Å². The van der Waals surface area contributed by atoms with Gasteiger partial charge in [-0.05, 0) is 19.4 Å². The average molecular weight is 158 g/mol. The molecule has 0 radical (unpaired) electrons. The molecular weight excluding hydrogens is 144 g/mol. The van der Waals surface area contributed by atoms with Gasteiger partial charge in [0.25, 0.3) is 0 Å². The van der Waals surface area contributed by atoms with Crippen molar-refractivity contribution in [2.24, 2.45) is 0 Å². The minimum Gasteiger partial charge on any atom is -0.468 e. The lowest BCUT2D eigenvalue weighted by Gasteiger charge is -2.32. The molecule has 0 bridgehead atoms. The van der Waals surface area contributed by atoms with Gasteiger partial charge in [-0.3, -0.25) is 0 Å². The number of aliphatic hydroxyl groups excluding tert-OH is 1. The predicted molar refractivity (Wildman–Crippen MR) is 40.9 cm³/mol. The van der Waals surface area contributed by atoms with E-state index in [1.165, 1.54) is 0 Å². The van der Waals surface area contributed by atoms with Crippen LogP contribution in [0.25, 0.3) is 0 Å². The highest BCUT2D eigenvalue weighted by Crippen LogP contribution is 2.23. The number of hydrogen-bond acceptors (Lipinski definition) is 3. The summed E-state index contributed by atoms with van der Waals surface area (Å²) in [5, 5.41) is 8.99. The van der Waals surface area contributed by atoms with Gasteiger partial charge in [0.05, 0.1) is 6.26 Å². The molecule has 0 amide bonds. The molecule has 1 N–H and O–H groups in total. The van der Waals surface area contributed by atoms with Crippen molar-refractivity contribution < 1.29 is 14.6 Å². The van der Waals surface area contributed by atoms with Gasteiger partial charge in [-0.2, -0.15) is 0 Å². The summed E-state index contributed by atoms with van der Waals surface area (Å²) in [5.41, 5.74) is 0. The average Bonchev–Trinajstić information content (AvgIpc) is 2.07. The lowest BCUT2D eigenvalue weighted by atomic mass is 10.1. The van der Waals surface area contributed by atoms with E-state index in [0.29, 0.717) is 6.61 Å². The SMILES string of the molecule is CCOC1(CO)CCC=CO1.